The summed E-state index contributed by atoms with van der Waals surface area (Å²) in [5.41, 5.74) is -0.134. The van der Waals surface area contributed by atoms with Gasteiger partial charge in [0.05, 0.1) is 5.69 Å². The maximum Gasteiger partial charge on any atom is 0.465 e. The zero-order valence-corrected chi connectivity index (χ0v) is 13.3. The van der Waals surface area contributed by atoms with Gasteiger partial charge >= 0.3 is 24.2 Å². The van der Waals surface area contributed by atoms with Crippen LogP contribution in [0.4, 0.5) is 45.2 Å². The van der Waals surface area contributed by atoms with Crippen LogP contribution in [0.15, 0.2) is 48.0 Å². The minimum atomic E-state index is -6.55. The average molecular weight is 409 g/mol. The molecule has 152 valence electrons. The van der Waals surface area contributed by atoms with Gasteiger partial charge in [-0.2, -0.15) is 35.1 Å². The van der Waals surface area contributed by atoms with Crippen LogP contribution in [0.25, 0.3) is 0 Å². The van der Waals surface area contributed by atoms with Crippen molar-refractivity contribution < 1.29 is 49.0 Å². The first-order valence-electron chi connectivity index (χ1n) is 6.98. The number of alkyl halides is 9. The standard InChI is InChI=1S/C15H12F9NO2/c1-2-6-11(25-10-7-4-3-5-8-10)26-13(14(19,20)21,15(22,23)24)27-12(17,18)9-16/h2-5,7-8H,1,6,9H2. The fraction of sp³-hybridized carbons (Fsp3) is 0.400. The molecule has 0 aliphatic rings. The van der Waals surface area contributed by atoms with Crippen molar-refractivity contribution in [3.8, 4) is 0 Å². The van der Waals surface area contributed by atoms with Gasteiger partial charge in [0.1, 0.15) is 0 Å². The summed E-state index contributed by atoms with van der Waals surface area (Å²) in [5, 5.41) is 0. The Morgan fingerprint density at radius 3 is 1.89 bits per heavy atom. The highest BCUT2D eigenvalue weighted by Crippen LogP contribution is 2.49. The van der Waals surface area contributed by atoms with Crippen molar-refractivity contribution in [2.24, 2.45) is 4.99 Å². The molecule has 0 spiro atoms. The van der Waals surface area contributed by atoms with Gasteiger partial charge in [0, 0.05) is 6.42 Å². The molecule has 0 fully saturated rings. The van der Waals surface area contributed by atoms with Gasteiger partial charge in [0.2, 0.25) is 0 Å². The van der Waals surface area contributed by atoms with Crippen molar-refractivity contribution in [1.82, 2.24) is 0 Å². The molecular weight excluding hydrogens is 397 g/mol. The molecule has 0 aliphatic carbocycles. The highest BCUT2D eigenvalue weighted by molar-refractivity contribution is 5.81. The largest absolute Gasteiger partial charge is 0.465 e. The summed E-state index contributed by atoms with van der Waals surface area (Å²) < 4.78 is 124. The number of halogens is 9. The molecule has 0 radical (unpaired) electrons. The minimum absolute atomic E-state index is 0.134. The third kappa shape index (κ3) is 5.62. The molecular formula is C15H12F9NO2. The lowest BCUT2D eigenvalue weighted by Crippen LogP contribution is -2.64. The van der Waals surface area contributed by atoms with Gasteiger partial charge in [-0.3, -0.25) is 4.74 Å². The van der Waals surface area contributed by atoms with Gasteiger partial charge in [-0.25, -0.2) is 9.38 Å². The van der Waals surface area contributed by atoms with E-state index in [4.69, 9.17) is 0 Å². The first-order chi connectivity index (χ1) is 12.3. The molecule has 12 heteroatoms. The predicted octanol–water partition coefficient (Wildman–Crippen LogP) is 5.71. The summed E-state index contributed by atoms with van der Waals surface area (Å²) in [7, 11) is 0. The Labute approximate surface area is 147 Å². The summed E-state index contributed by atoms with van der Waals surface area (Å²) in [6.07, 6.45) is -18.5. The van der Waals surface area contributed by atoms with Crippen LogP contribution in [0.5, 0.6) is 0 Å². The van der Waals surface area contributed by atoms with Gasteiger partial charge in [-0.15, -0.1) is 6.58 Å². The Balaban J connectivity index is 3.52. The fourth-order valence-electron chi connectivity index (χ4n) is 1.70. The molecule has 0 aliphatic heterocycles. The molecule has 0 heterocycles. The number of benzene rings is 1. The number of rotatable bonds is 7. The van der Waals surface area contributed by atoms with Crippen molar-refractivity contribution in [2.75, 3.05) is 6.67 Å². The maximum absolute atomic E-state index is 13.2. The molecule has 1 rings (SSSR count). The second-order valence-electron chi connectivity index (χ2n) is 4.92. The molecule has 0 saturated carbocycles. The van der Waals surface area contributed by atoms with E-state index in [0.29, 0.717) is 0 Å². The van der Waals surface area contributed by atoms with Crippen LogP contribution in [0.1, 0.15) is 6.42 Å². The molecule has 0 N–H and O–H groups in total. The van der Waals surface area contributed by atoms with E-state index in [1.807, 2.05) is 0 Å². The minimum Gasteiger partial charge on any atom is -0.432 e. The van der Waals surface area contributed by atoms with Crippen LogP contribution in [0.3, 0.4) is 0 Å². The summed E-state index contributed by atoms with van der Waals surface area (Å²) in [6, 6.07) is 6.60. The molecule has 0 bridgehead atoms. The predicted molar refractivity (Wildman–Crippen MR) is 76.3 cm³/mol. The third-order valence-electron chi connectivity index (χ3n) is 2.79. The zero-order chi connectivity index (χ0) is 20.9. The second kappa shape index (κ2) is 8.19. The zero-order valence-electron chi connectivity index (χ0n) is 13.3. The van der Waals surface area contributed by atoms with Gasteiger partial charge in [0.25, 0.3) is 0 Å². The molecule has 1 aromatic rings. The van der Waals surface area contributed by atoms with Crippen LogP contribution in [0, 0.1) is 0 Å². The number of ether oxygens (including phenoxy) is 2. The SMILES string of the molecule is C=CCC(=Nc1ccccc1)OC(OC(F)(F)CF)(C(F)(F)F)C(F)(F)F. The fourth-order valence-corrected chi connectivity index (χ4v) is 1.70. The van der Waals surface area contributed by atoms with Crippen molar-refractivity contribution in [3.05, 3.63) is 43.0 Å². The number of hydrogen-bond acceptors (Lipinski definition) is 3. The summed E-state index contributed by atoms with van der Waals surface area (Å²) >= 11 is 0. The molecule has 0 amide bonds. The second-order valence-corrected chi connectivity index (χ2v) is 4.92. The Hall–Kier alpha value is -2.24. The normalized spacial score (nSPS) is 14.2. The molecule has 0 unspecified atom stereocenters. The van der Waals surface area contributed by atoms with Crippen LogP contribution in [0.2, 0.25) is 0 Å². The highest BCUT2D eigenvalue weighted by Gasteiger charge is 2.79. The van der Waals surface area contributed by atoms with Gasteiger partial charge < -0.3 is 4.74 Å². The summed E-state index contributed by atoms with van der Waals surface area (Å²) in [6.45, 7) is 0.167. The van der Waals surface area contributed by atoms with E-state index in [9.17, 15) is 39.5 Å². The molecule has 3 nitrogen and oxygen atoms in total. The third-order valence-corrected chi connectivity index (χ3v) is 2.79. The van der Waals surface area contributed by atoms with Gasteiger partial charge in [-0.05, 0) is 12.1 Å². The monoisotopic (exact) mass is 409 g/mol. The molecule has 1 aromatic carbocycles. The molecule has 0 atom stereocenters. The molecule has 0 aromatic heterocycles. The Bertz CT molecular complexity index is 639. The number of para-hydroxylation sites is 1. The Morgan fingerprint density at radius 2 is 1.48 bits per heavy atom. The Morgan fingerprint density at radius 1 is 0.963 bits per heavy atom. The van der Waals surface area contributed by atoms with E-state index in [1.165, 1.54) is 30.3 Å². The van der Waals surface area contributed by atoms with Crippen molar-refractivity contribution in [2.45, 2.75) is 30.7 Å². The smallest absolute Gasteiger partial charge is 0.432 e. The topological polar surface area (TPSA) is 30.8 Å². The van der Waals surface area contributed by atoms with Crippen molar-refractivity contribution in [3.63, 3.8) is 0 Å². The lowest BCUT2D eigenvalue weighted by atomic mass is 10.2. The average Bonchev–Trinajstić information content (AvgIpc) is 2.53. The van der Waals surface area contributed by atoms with Crippen LogP contribution < -0.4 is 0 Å². The molecule has 27 heavy (non-hydrogen) atoms. The number of nitrogens with zero attached hydrogens (tertiary/aromatic N) is 1. The maximum atomic E-state index is 13.2. The number of aliphatic imine (C=N–C) groups is 1. The van der Waals surface area contributed by atoms with Crippen molar-refractivity contribution in [1.29, 1.82) is 0 Å². The lowest BCUT2D eigenvalue weighted by Gasteiger charge is -2.38. The molecule has 0 saturated heterocycles. The number of hydrogen-bond donors (Lipinski definition) is 0. The van der Waals surface area contributed by atoms with Crippen LogP contribution >= 0.6 is 0 Å². The summed E-state index contributed by atoms with van der Waals surface area (Å²) in [5.74, 6) is -7.13. The van der Waals surface area contributed by atoms with Gasteiger partial charge in [0.15, 0.2) is 12.6 Å². The first-order valence-corrected chi connectivity index (χ1v) is 6.98. The van der Waals surface area contributed by atoms with Crippen molar-refractivity contribution >= 4 is 11.6 Å². The first kappa shape index (κ1) is 22.8. The van der Waals surface area contributed by atoms with E-state index in [1.54, 1.807) is 0 Å². The van der Waals surface area contributed by atoms with E-state index < -0.39 is 43.2 Å². The van der Waals surface area contributed by atoms with Gasteiger partial charge in [-0.1, -0.05) is 24.3 Å². The lowest BCUT2D eigenvalue weighted by molar-refractivity contribution is -0.498. The summed E-state index contributed by atoms with van der Waals surface area (Å²) in [4.78, 5) is 3.42. The van der Waals surface area contributed by atoms with Crippen LogP contribution in [-0.4, -0.2) is 36.8 Å². The van der Waals surface area contributed by atoms with Crippen LogP contribution in [-0.2, 0) is 9.47 Å². The van der Waals surface area contributed by atoms with E-state index in [0.717, 1.165) is 6.08 Å². The highest BCUT2D eigenvalue weighted by atomic mass is 19.4. The van der Waals surface area contributed by atoms with E-state index in [2.05, 4.69) is 21.0 Å². The van der Waals surface area contributed by atoms with E-state index in [-0.39, 0.29) is 5.69 Å². The quantitative estimate of drug-likeness (QED) is 0.190. The Kier molecular flexibility index (Phi) is 6.92. The van der Waals surface area contributed by atoms with E-state index >= 15 is 0 Å².